The number of unbranched alkanes of at least 4 members (excludes halogenated alkanes) is 4. The maximum atomic E-state index is 12.5. The number of non-ortho nitro benzene ring substituents is 2. The molecule has 2 aromatic rings. The lowest BCUT2D eigenvalue weighted by Crippen LogP contribution is -2.39. The van der Waals surface area contributed by atoms with Gasteiger partial charge in [-0.2, -0.15) is 0 Å². The highest BCUT2D eigenvalue weighted by atomic mass is 16.6. The summed E-state index contributed by atoms with van der Waals surface area (Å²) in [5.74, 6) is -2.05. The first-order valence-electron chi connectivity index (χ1n) is 14.2. The Balaban J connectivity index is 1.70. The second-order valence-electron chi connectivity index (χ2n) is 10.7. The molecule has 0 radical (unpaired) electrons. The first-order valence-corrected chi connectivity index (χ1v) is 14.2. The molecule has 230 valence electrons. The number of benzene rings is 2. The van der Waals surface area contributed by atoms with Crippen LogP contribution in [0.25, 0.3) is 0 Å². The Morgan fingerprint density at radius 1 is 0.619 bits per heavy atom. The second-order valence-corrected chi connectivity index (χ2v) is 10.7. The predicted octanol–water partition coefficient (Wildman–Crippen LogP) is 5.27. The van der Waals surface area contributed by atoms with Crippen LogP contribution in [0.15, 0.2) is 48.5 Å². The van der Waals surface area contributed by atoms with E-state index in [0.29, 0.717) is 12.8 Å². The van der Waals surface area contributed by atoms with E-state index < -0.39 is 34.2 Å². The summed E-state index contributed by atoms with van der Waals surface area (Å²) in [6.45, 7) is 0. The van der Waals surface area contributed by atoms with Crippen LogP contribution in [0.2, 0.25) is 0 Å². The summed E-state index contributed by atoms with van der Waals surface area (Å²) in [5, 5.41) is 21.6. The van der Waals surface area contributed by atoms with Crippen LogP contribution in [0.1, 0.15) is 62.5 Å². The van der Waals surface area contributed by atoms with Crippen molar-refractivity contribution in [2.75, 3.05) is 28.2 Å². The van der Waals surface area contributed by atoms with Crippen LogP contribution in [-0.4, -0.2) is 72.2 Å². The van der Waals surface area contributed by atoms with Crippen molar-refractivity contribution in [3.8, 4) is 0 Å². The highest BCUT2D eigenvalue weighted by Gasteiger charge is 2.27. The predicted molar refractivity (Wildman–Crippen MR) is 158 cm³/mol. The van der Waals surface area contributed by atoms with E-state index in [1.54, 1.807) is 62.3 Å². The molecule has 2 atom stereocenters. The molecule has 0 saturated heterocycles. The zero-order chi connectivity index (χ0) is 31.1. The molecular formula is C30H42N4O8. The lowest BCUT2D eigenvalue weighted by molar-refractivity contribution is -0.385. The number of hydrogen-bond donors (Lipinski definition) is 0. The van der Waals surface area contributed by atoms with Gasteiger partial charge in [0.15, 0.2) is 12.5 Å². The number of aryl methyl sites for hydroxylation is 2. The summed E-state index contributed by atoms with van der Waals surface area (Å²) in [6, 6.07) is 13.0. The molecule has 0 aliphatic heterocycles. The van der Waals surface area contributed by atoms with Crippen LogP contribution in [-0.2, 0) is 31.9 Å². The van der Waals surface area contributed by atoms with Gasteiger partial charge in [-0.15, -0.1) is 0 Å². The fourth-order valence-electron chi connectivity index (χ4n) is 4.41. The van der Waals surface area contributed by atoms with Crippen LogP contribution < -0.4 is 0 Å². The highest BCUT2D eigenvalue weighted by molar-refractivity contribution is 6.29. The summed E-state index contributed by atoms with van der Waals surface area (Å²) < 4.78 is 10.9. The van der Waals surface area contributed by atoms with Crippen molar-refractivity contribution in [2.24, 2.45) is 0 Å². The number of nitro benzene ring substituents is 2. The SMILES string of the molecule is CN(C)C(CCCCCc1ccc([N+](=O)[O-])cc1)OC(=O)C(=O)OC(CCCCCc1ccc([N+](=O)[O-])cc1)N(C)C. The molecule has 0 aliphatic carbocycles. The number of carbonyl (C=O) groups excluding carboxylic acids is 2. The third-order valence-electron chi connectivity index (χ3n) is 6.93. The highest BCUT2D eigenvalue weighted by Crippen LogP contribution is 2.18. The van der Waals surface area contributed by atoms with E-state index in [4.69, 9.17) is 9.47 Å². The molecule has 12 heteroatoms. The van der Waals surface area contributed by atoms with E-state index in [1.165, 1.54) is 24.3 Å². The second kappa shape index (κ2) is 17.8. The molecule has 12 nitrogen and oxygen atoms in total. The molecule has 0 spiro atoms. The summed E-state index contributed by atoms with van der Waals surface area (Å²) in [7, 11) is 7.11. The fraction of sp³-hybridized carbons (Fsp3) is 0.533. The molecule has 2 rings (SSSR count). The van der Waals surface area contributed by atoms with E-state index in [0.717, 1.165) is 62.5 Å². The molecule has 0 N–H and O–H groups in total. The molecule has 0 bridgehead atoms. The average Bonchev–Trinajstić information content (AvgIpc) is 2.95. The van der Waals surface area contributed by atoms with Gasteiger partial charge in [-0.25, -0.2) is 9.59 Å². The third-order valence-corrected chi connectivity index (χ3v) is 6.93. The first-order chi connectivity index (χ1) is 20.0. The Bertz CT molecular complexity index is 1060. The summed E-state index contributed by atoms with van der Waals surface area (Å²) in [4.78, 5) is 49.3. The van der Waals surface area contributed by atoms with Crippen molar-refractivity contribution < 1.29 is 28.9 Å². The summed E-state index contributed by atoms with van der Waals surface area (Å²) in [6.07, 6.45) is 6.61. The number of ether oxygens (including phenoxy) is 2. The molecule has 2 unspecified atom stereocenters. The maximum absolute atomic E-state index is 12.5. The van der Waals surface area contributed by atoms with Gasteiger partial charge in [0, 0.05) is 24.3 Å². The van der Waals surface area contributed by atoms with Gasteiger partial charge >= 0.3 is 11.9 Å². The van der Waals surface area contributed by atoms with Gasteiger partial charge in [0.2, 0.25) is 0 Å². The van der Waals surface area contributed by atoms with E-state index in [9.17, 15) is 29.8 Å². The number of carbonyl (C=O) groups is 2. The zero-order valence-corrected chi connectivity index (χ0v) is 24.9. The number of hydrogen-bond acceptors (Lipinski definition) is 10. The number of rotatable bonds is 18. The lowest BCUT2D eigenvalue weighted by atomic mass is 10.1. The van der Waals surface area contributed by atoms with Gasteiger partial charge < -0.3 is 9.47 Å². The van der Waals surface area contributed by atoms with E-state index >= 15 is 0 Å². The molecule has 0 heterocycles. The van der Waals surface area contributed by atoms with Crippen LogP contribution >= 0.6 is 0 Å². The lowest BCUT2D eigenvalue weighted by Gasteiger charge is -2.26. The first kappa shape index (κ1) is 34.3. The minimum Gasteiger partial charge on any atom is -0.438 e. The largest absolute Gasteiger partial charge is 0.438 e. The van der Waals surface area contributed by atoms with E-state index in [2.05, 4.69) is 0 Å². The van der Waals surface area contributed by atoms with Gasteiger partial charge in [0.25, 0.3) is 11.4 Å². The Kier molecular flexibility index (Phi) is 14.5. The van der Waals surface area contributed by atoms with Crippen molar-refractivity contribution in [1.29, 1.82) is 0 Å². The van der Waals surface area contributed by atoms with Crippen LogP contribution in [0.5, 0.6) is 0 Å². The quantitative estimate of drug-likeness (QED) is 0.0565. The third kappa shape index (κ3) is 12.3. The normalized spacial score (nSPS) is 12.6. The number of nitro groups is 2. The van der Waals surface area contributed by atoms with E-state index in [1.807, 2.05) is 0 Å². The standard InChI is InChI=1S/C30H42N4O8/c1-31(2)27(13-9-5-7-11-23-15-19-25(20-16-23)33(37)38)41-29(35)30(36)42-28(32(3)4)14-10-6-8-12-24-17-21-26(22-18-24)34(39)40/h15-22,27-28H,5-14H2,1-4H3. The van der Waals surface area contributed by atoms with Crippen molar-refractivity contribution in [3.63, 3.8) is 0 Å². The molecule has 0 saturated carbocycles. The van der Waals surface area contributed by atoms with Crippen molar-refractivity contribution in [1.82, 2.24) is 9.80 Å². The minimum atomic E-state index is -1.02. The van der Waals surface area contributed by atoms with Crippen molar-refractivity contribution in [3.05, 3.63) is 79.9 Å². The average molecular weight is 587 g/mol. The Morgan fingerprint density at radius 2 is 0.952 bits per heavy atom. The number of esters is 2. The van der Waals surface area contributed by atoms with E-state index in [-0.39, 0.29) is 11.4 Å². The minimum absolute atomic E-state index is 0.0710. The number of nitrogens with zero attached hydrogens (tertiary/aromatic N) is 4. The zero-order valence-electron chi connectivity index (χ0n) is 24.9. The Labute approximate surface area is 246 Å². The topological polar surface area (TPSA) is 145 Å². The van der Waals surface area contributed by atoms with Crippen LogP contribution in [0.4, 0.5) is 11.4 Å². The van der Waals surface area contributed by atoms with Gasteiger partial charge in [-0.1, -0.05) is 37.1 Å². The maximum Gasteiger partial charge on any atom is 0.419 e. The molecule has 0 aliphatic rings. The van der Waals surface area contributed by atoms with Gasteiger partial charge in [-0.05, 0) is 90.7 Å². The van der Waals surface area contributed by atoms with Crippen molar-refractivity contribution in [2.45, 2.75) is 76.7 Å². The molecule has 0 aromatic heterocycles. The van der Waals surface area contributed by atoms with Crippen molar-refractivity contribution >= 4 is 23.3 Å². The monoisotopic (exact) mass is 586 g/mol. The van der Waals surface area contributed by atoms with Crippen LogP contribution in [0, 0.1) is 20.2 Å². The van der Waals surface area contributed by atoms with Crippen LogP contribution in [0.3, 0.4) is 0 Å². The Hall–Kier alpha value is -3.90. The molecular weight excluding hydrogens is 544 g/mol. The molecule has 0 amide bonds. The molecule has 0 fully saturated rings. The fourth-order valence-corrected chi connectivity index (χ4v) is 4.41. The Morgan fingerprint density at radius 3 is 1.24 bits per heavy atom. The van der Waals surface area contributed by atoms with Gasteiger partial charge in [-0.3, -0.25) is 30.0 Å². The van der Waals surface area contributed by atoms with Gasteiger partial charge in [0.05, 0.1) is 9.85 Å². The summed E-state index contributed by atoms with van der Waals surface area (Å²) >= 11 is 0. The smallest absolute Gasteiger partial charge is 0.419 e. The molecule has 42 heavy (non-hydrogen) atoms. The molecule has 2 aromatic carbocycles. The van der Waals surface area contributed by atoms with Gasteiger partial charge in [0.1, 0.15) is 0 Å². The summed E-state index contributed by atoms with van der Waals surface area (Å²) in [5.41, 5.74) is 2.20.